The van der Waals surface area contributed by atoms with Gasteiger partial charge in [-0.3, -0.25) is 4.79 Å². The van der Waals surface area contributed by atoms with E-state index in [1.165, 1.54) is 0 Å². The fourth-order valence-electron chi connectivity index (χ4n) is 2.28. The third kappa shape index (κ3) is 2.78. The molecule has 3 aromatic rings. The molecule has 104 valence electrons. The Hall–Kier alpha value is -1.16. The van der Waals surface area contributed by atoms with Crippen LogP contribution in [-0.2, 0) is 0 Å². The number of rotatable bonds is 2. The second-order valence-electron chi connectivity index (χ2n) is 4.59. The molecule has 0 aliphatic heterocycles. The molecule has 1 nitrogen and oxygen atoms in total. The van der Waals surface area contributed by atoms with Crippen molar-refractivity contribution in [1.82, 2.24) is 0 Å². The van der Waals surface area contributed by atoms with Crippen LogP contribution in [-0.4, -0.2) is 5.78 Å². The van der Waals surface area contributed by atoms with E-state index in [4.69, 9.17) is 11.6 Å². The lowest BCUT2D eigenvalue weighted by Crippen LogP contribution is -2.03. The Morgan fingerprint density at radius 2 is 1.57 bits per heavy atom. The SMILES string of the molecule is O=C(c1cc(Br)ccc1Cl)c1ccc(Br)c2ccccc12. The van der Waals surface area contributed by atoms with Crippen molar-refractivity contribution < 1.29 is 4.79 Å². The predicted octanol–water partition coefficient (Wildman–Crippen LogP) is 6.25. The van der Waals surface area contributed by atoms with Crippen LogP contribution in [0.4, 0.5) is 0 Å². The summed E-state index contributed by atoms with van der Waals surface area (Å²) < 4.78 is 1.80. The molecule has 0 radical (unpaired) electrons. The first-order valence-corrected chi connectivity index (χ1v) is 8.21. The zero-order chi connectivity index (χ0) is 15.0. The van der Waals surface area contributed by atoms with Gasteiger partial charge in [0.05, 0.1) is 5.02 Å². The number of hydrogen-bond acceptors (Lipinski definition) is 1. The summed E-state index contributed by atoms with van der Waals surface area (Å²) in [7, 11) is 0. The van der Waals surface area contributed by atoms with Gasteiger partial charge in [0.2, 0.25) is 0 Å². The first kappa shape index (κ1) is 14.8. The van der Waals surface area contributed by atoms with E-state index in [1.807, 2.05) is 42.5 Å². The maximum absolute atomic E-state index is 12.8. The molecule has 0 unspecified atom stereocenters. The number of fused-ring (bicyclic) bond motifs is 1. The van der Waals surface area contributed by atoms with Crippen molar-refractivity contribution in [2.24, 2.45) is 0 Å². The van der Waals surface area contributed by atoms with Gasteiger partial charge >= 0.3 is 0 Å². The van der Waals surface area contributed by atoms with Gasteiger partial charge in [0, 0.05) is 20.1 Å². The highest BCUT2D eigenvalue weighted by Crippen LogP contribution is 2.30. The van der Waals surface area contributed by atoms with E-state index in [1.54, 1.807) is 12.1 Å². The average Bonchev–Trinajstić information content (AvgIpc) is 2.50. The molecule has 0 fully saturated rings. The molecule has 0 spiro atoms. The number of halogens is 3. The van der Waals surface area contributed by atoms with Crippen molar-refractivity contribution in [3.63, 3.8) is 0 Å². The lowest BCUT2D eigenvalue weighted by molar-refractivity contribution is 0.104. The number of hydrogen-bond donors (Lipinski definition) is 0. The van der Waals surface area contributed by atoms with Gasteiger partial charge in [0.25, 0.3) is 0 Å². The van der Waals surface area contributed by atoms with Crippen molar-refractivity contribution in [3.05, 3.63) is 79.7 Å². The van der Waals surface area contributed by atoms with Gasteiger partial charge in [-0.1, -0.05) is 67.7 Å². The van der Waals surface area contributed by atoms with E-state index in [-0.39, 0.29) is 5.78 Å². The Bertz CT molecular complexity index is 859. The maximum atomic E-state index is 12.8. The van der Waals surface area contributed by atoms with E-state index in [0.717, 1.165) is 19.7 Å². The average molecular weight is 425 g/mol. The van der Waals surface area contributed by atoms with E-state index in [0.29, 0.717) is 16.1 Å². The van der Waals surface area contributed by atoms with Crippen molar-refractivity contribution in [2.75, 3.05) is 0 Å². The Labute approximate surface area is 144 Å². The van der Waals surface area contributed by atoms with Crippen LogP contribution in [0.15, 0.2) is 63.5 Å². The second-order valence-corrected chi connectivity index (χ2v) is 6.77. The van der Waals surface area contributed by atoms with Crippen molar-refractivity contribution in [3.8, 4) is 0 Å². The topological polar surface area (TPSA) is 17.1 Å². The zero-order valence-electron chi connectivity index (χ0n) is 10.7. The molecule has 3 aromatic carbocycles. The van der Waals surface area contributed by atoms with Gasteiger partial charge < -0.3 is 0 Å². The van der Waals surface area contributed by atoms with Gasteiger partial charge in [-0.05, 0) is 41.1 Å². The second kappa shape index (κ2) is 5.91. The van der Waals surface area contributed by atoms with Gasteiger partial charge in [-0.15, -0.1) is 0 Å². The molecule has 4 heteroatoms. The van der Waals surface area contributed by atoms with Crippen LogP contribution in [0.3, 0.4) is 0 Å². The van der Waals surface area contributed by atoms with Gasteiger partial charge in [0.1, 0.15) is 0 Å². The minimum atomic E-state index is -0.0787. The first-order chi connectivity index (χ1) is 10.1. The van der Waals surface area contributed by atoms with Crippen LogP contribution < -0.4 is 0 Å². The minimum Gasteiger partial charge on any atom is -0.289 e. The number of benzene rings is 3. The molecule has 0 aromatic heterocycles. The third-order valence-electron chi connectivity index (χ3n) is 3.29. The molecule has 0 saturated heterocycles. The normalized spacial score (nSPS) is 10.8. The molecule has 0 aliphatic rings. The first-order valence-electron chi connectivity index (χ1n) is 6.25. The molecule has 0 aliphatic carbocycles. The summed E-state index contributed by atoms with van der Waals surface area (Å²) in [5, 5.41) is 2.37. The summed E-state index contributed by atoms with van der Waals surface area (Å²) in [6.07, 6.45) is 0. The number of carbonyl (C=O) groups excluding carboxylic acids is 1. The predicted molar refractivity (Wildman–Crippen MR) is 94.2 cm³/mol. The van der Waals surface area contributed by atoms with Crippen molar-refractivity contribution in [1.29, 1.82) is 0 Å². The largest absolute Gasteiger partial charge is 0.289 e. The van der Waals surface area contributed by atoms with E-state index in [2.05, 4.69) is 31.9 Å². The van der Waals surface area contributed by atoms with Crippen LogP contribution >= 0.6 is 43.5 Å². The fraction of sp³-hybridized carbons (Fsp3) is 0. The van der Waals surface area contributed by atoms with E-state index in [9.17, 15) is 4.79 Å². The van der Waals surface area contributed by atoms with Crippen LogP contribution in [0.25, 0.3) is 10.8 Å². The third-order valence-corrected chi connectivity index (χ3v) is 4.80. The fourth-order valence-corrected chi connectivity index (χ4v) is 3.32. The van der Waals surface area contributed by atoms with Crippen LogP contribution in [0, 0.1) is 0 Å². The molecule has 0 saturated carbocycles. The molecule has 0 heterocycles. The highest BCUT2D eigenvalue weighted by atomic mass is 79.9. The monoisotopic (exact) mass is 422 g/mol. The molecule has 3 rings (SSSR count). The zero-order valence-corrected chi connectivity index (χ0v) is 14.7. The summed E-state index contributed by atoms with van der Waals surface area (Å²) >= 11 is 13.1. The van der Waals surface area contributed by atoms with Gasteiger partial charge in [-0.25, -0.2) is 0 Å². The van der Waals surface area contributed by atoms with Crippen molar-refractivity contribution >= 4 is 60.0 Å². The highest BCUT2D eigenvalue weighted by Gasteiger charge is 2.16. The van der Waals surface area contributed by atoms with Gasteiger partial charge in [0.15, 0.2) is 5.78 Å². The molecule has 21 heavy (non-hydrogen) atoms. The molecule has 0 bridgehead atoms. The summed E-state index contributed by atoms with van der Waals surface area (Å²) in [6.45, 7) is 0. The quantitative estimate of drug-likeness (QED) is 0.445. The molecular weight excluding hydrogens is 415 g/mol. The Balaban J connectivity index is 2.23. The Morgan fingerprint density at radius 1 is 0.857 bits per heavy atom. The molecule has 0 amide bonds. The lowest BCUT2D eigenvalue weighted by atomic mass is 9.97. The molecular formula is C17H9Br2ClO. The van der Waals surface area contributed by atoms with Crippen LogP contribution in [0.1, 0.15) is 15.9 Å². The number of ketones is 1. The van der Waals surface area contributed by atoms with Crippen LogP contribution in [0.2, 0.25) is 5.02 Å². The molecule has 0 atom stereocenters. The summed E-state index contributed by atoms with van der Waals surface area (Å²) in [4.78, 5) is 12.8. The summed E-state index contributed by atoms with van der Waals surface area (Å²) in [5.41, 5.74) is 1.15. The van der Waals surface area contributed by atoms with Crippen molar-refractivity contribution in [2.45, 2.75) is 0 Å². The Morgan fingerprint density at radius 3 is 2.33 bits per heavy atom. The smallest absolute Gasteiger partial charge is 0.195 e. The Kier molecular flexibility index (Phi) is 4.16. The number of carbonyl (C=O) groups is 1. The minimum absolute atomic E-state index is 0.0787. The molecule has 0 N–H and O–H groups in total. The van der Waals surface area contributed by atoms with Crippen LogP contribution in [0.5, 0.6) is 0 Å². The summed E-state index contributed by atoms with van der Waals surface area (Å²) in [6, 6.07) is 16.8. The maximum Gasteiger partial charge on any atom is 0.195 e. The van der Waals surface area contributed by atoms with E-state index >= 15 is 0 Å². The highest BCUT2D eigenvalue weighted by molar-refractivity contribution is 9.11. The van der Waals surface area contributed by atoms with Gasteiger partial charge in [-0.2, -0.15) is 0 Å². The lowest BCUT2D eigenvalue weighted by Gasteiger charge is -2.09. The van der Waals surface area contributed by atoms with E-state index < -0.39 is 0 Å². The summed E-state index contributed by atoms with van der Waals surface area (Å²) in [5.74, 6) is -0.0787. The standard InChI is InChI=1S/C17H9Br2ClO/c18-10-5-8-16(20)14(9-10)17(21)13-6-7-15(19)12-4-2-1-3-11(12)13/h1-9H.